The van der Waals surface area contributed by atoms with Gasteiger partial charge in [-0.05, 0) is 13.0 Å². The molecule has 1 spiro atoms. The van der Waals surface area contributed by atoms with E-state index >= 15 is 0 Å². The number of hydrogen-bond acceptors (Lipinski definition) is 13. The second kappa shape index (κ2) is 11.6. The zero-order chi connectivity index (χ0) is 26.9. The van der Waals surface area contributed by atoms with Crippen molar-refractivity contribution in [3.05, 3.63) is 28.9 Å². The van der Waals surface area contributed by atoms with Crippen molar-refractivity contribution in [3.63, 3.8) is 0 Å². The number of nitrogens with zero attached hydrogens (tertiary/aromatic N) is 6. The lowest BCUT2D eigenvalue weighted by molar-refractivity contribution is -0.127. The molecule has 4 atom stereocenters. The summed E-state index contributed by atoms with van der Waals surface area (Å²) in [7, 11) is 1.57. The van der Waals surface area contributed by atoms with Crippen LogP contribution in [0.1, 0.15) is 6.92 Å². The number of halogens is 1. The minimum Gasteiger partial charge on any atom is -0.394 e. The predicted molar refractivity (Wildman–Crippen MR) is 144 cm³/mol. The number of methoxy groups -OCH3 is 1. The Bertz CT molecular complexity index is 1230. The molecule has 12 nitrogen and oxygen atoms in total. The average molecular weight is 584 g/mol. The van der Waals surface area contributed by atoms with Crippen molar-refractivity contribution < 1.29 is 24.4 Å². The Balaban J connectivity index is 1.38. The summed E-state index contributed by atoms with van der Waals surface area (Å²) in [6.07, 6.45) is 1.11. The number of thioether (sulfide) groups is 1. The summed E-state index contributed by atoms with van der Waals surface area (Å²) in [5.74, 6) is 0.794. The lowest BCUT2D eigenvalue weighted by atomic mass is 9.78. The Kier molecular flexibility index (Phi) is 8.40. The molecule has 0 aromatic carbocycles. The van der Waals surface area contributed by atoms with E-state index in [9.17, 15) is 10.2 Å². The molecule has 2 unspecified atom stereocenters. The summed E-state index contributed by atoms with van der Waals surface area (Å²) < 4.78 is 19.1. The molecule has 3 aromatic heterocycles. The van der Waals surface area contributed by atoms with Crippen molar-refractivity contribution in [1.82, 2.24) is 25.0 Å². The van der Waals surface area contributed by atoms with Crippen LogP contribution in [-0.4, -0.2) is 98.9 Å². The maximum atomic E-state index is 10.2. The van der Waals surface area contributed by atoms with Gasteiger partial charge in [0.25, 0.3) is 0 Å². The number of thiazole rings is 1. The minimum absolute atomic E-state index is 0.204. The molecule has 2 saturated heterocycles. The Labute approximate surface area is 233 Å². The molecule has 0 amide bonds. The first-order chi connectivity index (χ1) is 18.3. The SMILES string of the molecule is CO[C@@H](Cn1cc(-c2csc(N)n2)nn1)C(OC(CO)[C@@H](C)O)Sc1cc(Cl)cnc1N1CC2(COC2)C1. The highest BCUT2D eigenvalue weighted by Gasteiger charge is 2.50. The van der Waals surface area contributed by atoms with E-state index in [1.54, 1.807) is 31.1 Å². The van der Waals surface area contributed by atoms with Crippen LogP contribution >= 0.6 is 34.7 Å². The maximum absolute atomic E-state index is 10.2. The molecule has 0 aliphatic carbocycles. The van der Waals surface area contributed by atoms with Crippen LogP contribution in [-0.2, 0) is 20.8 Å². The summed E-state index contributed by atoms with van der Waals surface area (Å²) in [6, 6.07) is 1.84. The van der Waals surface area contributed by atoms with E-state index in [0.717, 1.165) is 37.0 Å². The number of hydrogen-bond donors (Lipinski definition) is 3. The van der Waals surface area contributed by atoms with Gasteiger partial charge in [-0.3, -0.25) is 0 Å². The van der Waals surface area contributed by atoms with Crippen molar-refractivity contribution in [2.75, 3.05) is 50.7 Å². The molecule has 0 saturated carbocycles. The third kappa shape index (κ3) is 5.92. The number of aliphatic hydroxyl groups is 2. The van der Waals surface area contributed by atoms with E-state index in [1.165, 1.54) is 23.1 Å². The molecule has 2 aliphatic rings. The van der Waals surface area contributed by atoms with Crippen LogP contribution < -0.4 is 10.6 Å². The largest absolute Gasteiger partial charge is 0.394 e. The number of aliphatic hydroxyl groups excluding tert-OH is 2. The van der Waals surface area contributed by atoms with Crippen molar-refractivity contribution in [2.24, 2.45) is 5.41 Å². The highest BCUT2D eigenvalue weighted by atomic mass is 35.5. The fourth-order valence-corrected chi connectivity index (χ4v) is 6.45. The quantitative estimate of drug-likeness (QED) is 0.210. The summed E-state index contributed by atoms with van der Waals surface area (Å²) in [4.78, 5) is 11.9. The molecule has 3 aromatic rings. The van der Waals surface area contributed by atoms with Crippen LogP contribution in [0.4, 0.5) is 10.9 Å². The average Bonchev–Trinajstić information content (AvgIpc) is 3.48. The highest BCUT2D eigenvalue weighted by Crippen LogP contribution is 2.44. The molecule has 4 N–H and O–H groups in total. The van der Waals surface area contributed by atoms with Crippen LogP contribution in [0.25, 0.3) is 11.4 Å². The van der Waals surface area contributed by atoms with Gasteiger partial charge < -0.3 is 35.1 Å². The highest BCUT2D eigenvalue weighted by molar-refractivity contribution is 8.00. The number of nitrogens with two attached hydrogens (primary N) is 1. The standard InChI is InChI=1S/C23H30ClN7O5S2/c1-13(33)18(7-32)36-21(17(34-2)6-31-5-15(28-29-31)16-8-37-22(25)27-16)38-19-3-14(24)4-26-20(19)30-9-23(10-30)11-35-12-23/h3-5,8,13,17-18,21,32-33H,6-7,9-12H2,1-2H3,(H2,25,27)/t13-,17+,18?,21?/m1/s1. The van der Waals surface area contributed by atoms with Crippen molar-refractivity contribution >= 4 is 45.6 Å². The topological polar surface area (TPSA) is 154 Å². The van der Waals surface area contributed by atoms with Gasteiger partial charge in [-0.15, -0.1) is 16.4 Å². The zero-order valence-electron chi connectivity index (χ0n) is 20.9. The molecule has 5 heterocycles. The Morgan fingerprint density at radius 1 is 1.32 bits per heavy atom. The van der Waals surface area contributed by atoms with Gasteiger partial charge in [0.05, 0.1) is 54.0 Å². The molecule has 15 heteroatoms. The summed E-state index contributed by atoms with van der Waals surface area (Å²) in [6.45, 7) is 4.72. The maximum Gasteiger partial charge on any atom is 0.180 e. The Morgan fingerprint density at radius 3 is 2.71 bits per heavy atom. The van der Waals surface area contributed by atoms with Crippen molar-refractivity contribution in [2.45, 2.75) is 42.1 Å². The van der Waals surface area contributed by atoms with Crippen LogP contribution in [0.15, 0.2) is 28.7 Å². The molecule has 0 bridgehead atoms. The van der Waals surface area contributed by atoms with Gasteiger partial charge in [0, 0.05) is 31.8 Å². The van der Waals surface area contributed by atoms with E-state index in [4.69, 9.17) is 31.5 Å². The van der Waals surface area contributed by atoms with Gasteiger partial charge in [-0.2, -0.15) is 0 Å². The normalized spacial score (nSPS) is 19.6. The van der Waals surface area contributed by atoms with Crippen LogP contribution in [0, 0.1) is 5.41 Å². The summed E-state index contributed by atoms with van der Waals surface area (Å²) in [5, 5.41) is 31.3. The number of ether oxygens (including phenoxy) is 3. The van der Waals surface area contributed by atoms with Crippen molar-refractivity contribution in [3.8, 4) is 11.4 Å². The van der Waals surface area contributed by atoms with Gasteiger partial charge in [0.2, 0.25) is 0 Å². The van der Waals surface area contributed by atoms with Crippen LogP contribution in [0.2, 0.25) is 5.02 Å². The van der Waals surface area contributed by atoms with Crippen LogP contribution in [0.5, 0.6) is 0 Å². The smallest absolute Gasteiger partial charge is 0.180 e. The fourth-order valence-electron chi connectivity index (χ4n) is 4.39. The van der Waals surface area contributed by atoms with Gasteiger partial charge in [-0.1, -0.05) is 28.6 Å². The molecule has 38 heavy (non-hydrogen) atoms. The molecule has 5 rings (SSSR count). The third-order valence-corrected chi connectivity index (χ3v) is 8.62. The molecule has 2 aliphatic heterocycles. The lowest BCUT2D eigenvalue weighted by Gasteiger charge is -2.55. The molecule has 2 fully saturated rings. The van der Waals surface area contributed by atoms with E-state index in [0.29, 0.717) is 21.5 Å². The number of pyridine rings is 1. The molecule has 0 radical (unpaired) electrons. The number of nitrogen functional groups attached to an aromatic ring is 1. The number of aromatic nitrogens is 5. The monoisotopic (exact) mass is 583 g/mol. The van der Waals surface area contributed by atoms with E-state index in [1.807, 2.05) is 11.4 Å². The lowest BCUT2D eigenvalue weighted by Crippen LogP contribution is -2.66. The Morgan fingerprint density at radius 2 is 2.11 bits per heavy atom. The summed E-state index contributed by atoms with van der Waals surface area (Å²) in [5.41, 5.74) is 6.53. The van der Waals surface area contributed by atoms with E-state index < -0.39 is 23.7 Å². The minimum atomic E-state index is -0.903. The fraction of sp³-hybridized carbons (Fsp3) is 0.565. The van der Waals surface area contributed by atoms with Gasteiger partial charge in [0.1, 0.15) is 34.8 Å². The third-order valence-electron chi connectivity index (χ3n) is 6.53. The van der Waals surface area contributed by atoms with E-state index in [-0.39, 0.29) is 18.6 Å². The van der Waals surface area contributed by atoms with Crippen molar-refractivity contribution in [1.29, 1.82) is 0 Å². The second-order valence-corrected chi connectivity index (χ2v) is 12.0. The second-order valence-electron chi connectivity index (χ2n) is 9.58. The first-order valence-electron chi connectivity index (χ1n) is 12.0. The van der Waals surface area contributed by atoms with E-state index in [2.05, 4.69) is 25.2 Å². The molecule has 206 valence electrons. The molecular formula is C23H30ClN7O5S2. The van der Waals surface area contributed by atoms with Gasteiger partial charge >= 0.3 is 0 Å². The Hall–Kier alpha value is -2.04. The van der Waals surface area contributed by atoms with Gasteiger partial charge in [-0.25, -0.2) is 14.6 Å². The number of anilines is 2. The first kappa shape index (κ1) is 27.5. The summed E-state index contributed by atoms with van der Waals surface area (Å²) >= 11 is 9.05. The number of rotatable bonds is 12. The van der Waals surface area contributed by atoms with Gasteiger partial charge in [0.15, 0.2) is 5.13 Å². The first-order valence-corrected chi connectivity index (χ1v) is 14.2. The zero-order valence-corrected chi connectivity index (χ0v) is 23.3. The molecular weight excluding hydrogens is 554 g/mol. The van der Waals surface area contributed by atoms with Crippen LogP contribution in [0.3, 0.4) is 0 Å². The predicted octanol–water partition coefficient (Wildman–Crippen LogP) is 1.76.